The van der Waals surface area contributed by atoms with Crippen LogP contribution in [0.15, 0.2) is 10.8 Å². The molecule has 0 unspecified atom stereocenters. The molecule has 0 bridgehead atoms. The molecule has 0 amide bonds. The molecule has 0 spiro atoms. The van der Waals surface area contributed by atoms with Crippen LogP contribution in [0.1, 0.15) is 13.8 Å². The number of halogens is 1. The Bertz CT molecular complexity index is 337. The summed E-state index contributed by atoms with van der Waals surface area (Å²) in [5, 5.41) is 3.56. The second kappa shape index (κ2) is 1.90. The van der Waals surface area contributed by atoms with Crippen molar-refractivity contribution in [3.63, 3.8) is 0 Å². The lowest BCUT2D eigenvalue weighted by atomic mass is 10.4. The van der Waals surface area contributed by atoms with Crippen LogP contribution in [-0.2, 0) is 6.98 Å². The lowest BCUT2D eigenvalue weighted by Gasteiger charge is -1.78. The average molecular weight is 181 g/mol. The molecule has 0 atom stereocenters. The van der Waals surface area contributed by atoms with Crippen LogP contribution in [0, 0.1) is 6.85 Å². The van der Waals surface area contributed by atoms with E-state index < -0.39 is 13.8 Å². The zero-order valence-electron chi connectivity index (χ0n) is 9.85. The van der Waals surface area contributed by atoms with Crippen LogP contribution in [-0.4, -0.2) is 9.78 Å². The highest BCUT2D eigenvalue weighted by Gasteiger charge is 1.94. The van der Waals surface area contributed by atoms with Gasteiger partial charge in [0.2, 0.25) is 0 Å². The van der Waals surface area contributed by atoms with Crippen LogP contribution in [0.4, 0.5) is 0 Å². The SMILES string of the molecule is [2H]C([2H])([2H])c1cn(C([2H])([2H])[2H])nc1Br. The van der Waals surface area contributed by atoms with Gasteiger partial charge in [0.1, 0.15) is 4.60 Å². The van der Waals surface area contributed by atoms with E-state index in [9.17, 15) is 0 Å². The summed E-state index contributed by atoms with van der Waals surface area (Å²) >= 11 is 2.90. The number of rotatable bonds is 0. The molecule has 0 saturated heterocycles. The van der Waals surface area contributed by atoms with Gasteiger partial charge in [-0.25, -0.2) is 0 Å². The van der Waals surface area contributed by atoms with Crippen LogP contribution < -0.4 is 0 Å². The van der Waals surface area contributed by atoms with Crippen molar-refractivity contribution in [2.24, 2.45) is 6.98 Å². The second-order valence-electron chi connectivity index (χ2n) is 1.28. The smallest absolute Gasteiger partial charge is 0.131 e. The summed E-state index contributed by atoms with van der Waals surface area (Å²) in [6, 6.07) is 0. The van der Waals surface area contributed by atoms with Crippen LogP contribution in [0.5, 0.6) is 0 Å². The number of aromatic nitrogens is 2. The Hall–Kier alpha value is -0.310. The van der Waals surface area contributed by atoms with Gasteiger partial charge < -0.3 is 0 Å². The van der Waals surface area contributed by atoms with Crippen LogP contribution >= 0.6 is 15.9 Å². The highest BCUT2D eigenvalue weighted by atomic mass is 79.9. The molecule has 2 nitrogen and oxygen atoms in total. The van der Waals surface area contributed by atoms with Crippen molar-refractivity contribution in [3.8, 4) is 0 Å². The molecule has 1 heterocycles. The van der Waals surface area contributed by atoms with Crippen LogP contribution in [0.3, 0.4) is 0 Å². The second-order valence-corrected chi connectivity index (χ2v) is 2.03. The maximum Gasteiger partial charge on any atom is 0.131 e. The van der Waals surface area contributed by atoms with Gasteiger partial charge in [0, 0.05) is 27.0 Å². The summed E-state index contributed by atoms with van der Waals surface area (Å²) in [7, 11) is 0. The molecule has 8 heavy (non-hydrogen) atoms. The van der Waals surface area contributed by atoms with Crippen LogP contribution in [0.2, 0.25) is 0 Å². The highest BCUT2D eigenvalue weighted by molar-refractivity contribution is 9.10. The minimum atomic E-state index is -2.45. The van der Waals surface area contributed by atoms with E-state index in [1.807, 2.05) is 0 Å². The fraction of sp³-hybridized carbons (Fsp3) is 0.400. The maximum atomic E-state index is 7.10. The Morgan fingerprint density at radius 1 is 2.00 bits per heavy atom. The van der Waals surface area contributed by atoms with E-state index >= 15 is 0 Å². The molecule has 0 saturated carbocycles. The van der Waals surface area contributed by atoms with Crippen molar-refractivity contribution in [3.05, 3.63) is 16.4 Å². The summed E-state index contributed by atoms with van der Waals surface area (Å²) in [5.74, 6) is 0. The Balaban J connectivity index is 3.19. The van der Waals surface area contributed by atoms with Crippen molar-refractivity contribution >= 4 is 15.9 Å². The third kappa shape index (κ3) is 0.916. The fourth-order valence-corrected chi connectivity index (χ4v) is 0.626. The molecule has 0 aliphatic rings. The van der Waals surface area contributed by atoms with Crippen LogP contribution in [0.25, 0.3) is 0 Å². The number of hydrogen-bond acceptors (Lipinski definition) is 1. The first-order chi connectivity index (χ1) is 6.12. The van der Waals surface area contributed by atoms with Crippen molar-refractivity contribution in [1.29, 1.82) is 0 Å². The summed E-state index contributed by atoms with van der Waals surface area (Å²) in [5.41, 5.74) is -0.103. The molecule has 0 fully saturated rings. The van der Waals surface area contributed by atoms with Gasteiger partial charge in [-0.3, -0.25) is 4.68 Å². The third-order valence-corrected chi connectivity index (χ3v) is 1.25. The van der Waals surface area contributed by atoms with E-state index in [0.29, 0.717) is 4.68 Å². The molecule has 0 aromatic carbocycles. The molecule has 0 radical (unpaired) electrons. The van der Waals surface area contributed by atoms with Gasteiger partial charge in [-0.15, -0.1) is 0 Å². The van der Waals surface area contributed by atoms with Gasteiger partial charge in [0.15, 0.2) is 0 Å². The standard InChI is InChI=1S/C5H7BrN2/c1-4-3-8(2)7-5(4)6/h3H,1-2H3/i1D3,2D3. The quantitative estimate of drug-likeness (QED) is 0.592. The number of aryl methyl sites for hydroxylation is 2. The zero-order chi connectivity index (χ0) is 11.1. The van der Waals surface area contributed by atoms with Crippen molar-refractivity contribution in [2.75, 3.05) is 0 Å². The first-order valence-corrected chi connectivity index (χ1v) is 2.68. The Morgan fingerprint density at radius 3 is 3.25 bits per heavy atom. The van der Waals surface area contributed by atoms with Gasteiger partial charge in [-0.1, -0.05) is 0 Å². The van der Waals surface area contributed by atoms with E-state index in [1.165, 1.54) is 0 Å². The van der Waals surface area contributed by atoms with Gasteiger partial charge in [0.05, 0.1) is 0 Å². The maximum absolute atomic E-state index is 7.10. The number of nitrogens with zero attached hydrogens (tertiary/aromatic N) is 2. The zero-order valence-corrected chi connectivity index (χ0v) is 5.44. The molecular weight excluding hydrogens is 168 g/mol. The van der Waals surface area contributed by atoms with Crippen molar-refractivity contribution in [1.82, 2.24) is 9.78 Å². The first kappa shape index (κ1) is 1.84. The average Bonchev–Trinajstić information content (AvgIpc) is 2.27. The van der Waals surface area contributed by atoms with Gasteiger partial charge in [-0.05, 0) is 22.8 Å². The van der Waals surface area contributed by atoms with E-state index in [4.69, 9.17) is 8.22 Å². The predicted molar refractivity (Wildman–Crippen MR) is 35.6 cm³/mol. The summed E-state index contributed by atoms with van der Waals surface area (Å²) < 4.78 is 43.0. The molecule has 1 rings (SSSR count). The topological polar surface area (TPSA) is 17.8 Å². The number of hydrogen-bond donors (Lipinski definition) is 0. The molecule has 3 heteroatoms. The van der Waals surface area contributed by atoms with E-state index in [2.05, 4.69) is 21.0 Å². The Labute approximate surface area is 65.1 Å². The third-order valence-electron chi connectivity index (χ3n) is 0.669. The fourth-order valence-electron chi connectivity index (χ4n) is 0.353. The molecule has 1 aromatic heterocycles. The lowest BCUT2D eigenvalue weighted by molar-refractivity contribution is 0.760. The van der Waals surface area contributed by atoms with Crippen molar-refractivity contribution < 1.29 is 8.22 Å². The predicted octanol–water partition coefficient (Wildman–Crippen LogP) is 1.49. The molecule has 44 valence electrons. The molecule has 0 aliphatic carbocycles. The van der Waals surface area contributed by atoms with Crippen molar-refractivity contribution in [2.45, 2.75) is 6.85 Å². The lowest BCUT2D eigenvalue weighted by Crippen LogP contribution is -1.84. The minimum Gasteiger partial charge on any atom is -0.274 e. The summed E-state index contributed by atoms with van der Waals surface area (Å²) in [6.07, 6.45) is 1.00. The first-order valence-electron chi connectivity index (χ1n) is 4.88. The largest absolute Gasteiger partial charge is 0.274 e. The Morgan fingerprint density at radius 2 is 2.88 bits per heavy atom. The summed E-state index contributed by atoms with van der Waals surface area (Å²) in [6.45, 7) is -4.81. The molecule has 0 N–H and O–H groups in total. The van der Waals surface area contributed by atoms with E-state index in [0.717, 1.165) is 6.20 Å². The molecular formula is C5H7BrN2. The normalized spacial score (nSPS) is 24.1. The van der Waals surface area contributed by atoms with E-state index in [1.54, 1.807) is 0 Å². The monoisotopic (exact) mass is 180 g/mol. The van der Waals surface area contributed by atoms with E-state index in [-0.39, 0.29) is 10.2 Å². The minimum absolute atomic E-state index is 0.0358. The highest BCUT2D eigenvalue weighted by Crippen LogP contribution is 2.10. The molecule has 0 aliphatic heterocycles. The molecule has 1 aromatic rings. The Kier molecular flexibility index (Phi) is 0.435. The summed E-state index contributed by atoms with van der Waals surface area (Å²) in [4.78, 5) is 0. The van der Waals surface area contributed by atoms with Gasteiger partial charge in [0.25, 0.3) is 0 Å². The van der Waals surface area contributed by atoms with Gasteiger partial charge >= 0.3 is 0 Å². The van der Waals surface area contributed by atoms with Gasteiger partial charge in [-0.2, -0.15) is 5.10 Å².